The standard InChI is InChI=1S/C14H16ClNO3S2/c1-2-13-7-8-14(20-13)21(17,18)16-9-10-19-12-5-3-11(15)4-6-12/h3-8,16H,2,9-10H2,1H3. The Morgan fingerprint density at radius 3 is 2.52 bits per heavy atom. The minimum Gasteiger partial charge on any atom is -0.492 e. The maximum absolute atomic E-state index is 12.0. The molecule has 1 N–H and O–H groups in total. The number of hydrogen-bond donors (Lipinski definition) is 1. The minimum atomic E-state index is -3.44. The third-order valence-electron chi connectivity index (χ3n) is 2.73. The molecule has 0 spiro atoms. The summed E-state index contributed by atoms with van der Waals surface area (Å²) < 4.78 is 32.4. The lowest BCUT2D eigenvalue weighted by Gasteiger charge is -2.07. The summed E-state index contributed by atoms with van der Waals surface area (Å²) in [5.41, 5.74) is 0. The number of rotatable bonds is 7. The van der Waals surface area contributed by atoms with Gasteiger partial charge >= 0.3 is 0 Å². The summed E-state index contributed by atoms with van der Waals surface area (Å²) in [7, 11) is -3.44. The molecule has 0 aliphatic carbocycles. The summed E-state index contributed by atoms with van der Waals surface area (Å²) in [4.78, 5) is 1.05. The smallest absolute Gasteiger partial charge is 0.250 e. The number of sulfonamides is 1. The molecule has 2 aromatic rings. The Bertz CT molecular complexity index is 680. The van der Waals surface area contributed by atoms with Gasteiger partial charge in [0, 0.05) is 16.4 Å². The summed E-state index contributed by atoms with van der Waals surface area (Å²) in [6, 6.07) is 10.4. The molecule has 0 atom stereocenters. The Labute approximate surface area is 133 Å². The molecule has 0 saturated carbocycles. The second-order valence-electron chi connectivity index (χ2n) is 4.27. The van der Waals surface area contributed by atoms with Gasteiger partial charge in [0.05, 0.1) is 0 Å². The van der Waals surface area contributed by atoms with E-state index in [1.165, 1.54) is 11.3 Å². The average molecular weight is 346 g/mol. The molecule has 114 valence electrons. The zero-order valence-electron chi connectivity index (χ0n) is 11.5. The molecule has 0 unspecified atom stereocenters. The number of aryl methyl sites for hydroxylation is 1. The van der Waals surface area contributed by atoms with E-state index in [9.17, 15) is 8.42 Å². The van der Waals surface area contributed by atoms with E-state index < -0.39 is 10.0 Å². The summed E-state index contributed by atoms with van der Waals surface area (Å²) in [5.74, 6) is 0.656. The van der Waals surface area contributed by atoms with Crippen LogP contribution < -0.4 is 9.46 Å². The molecule has 1 aromatic heterocycles. The molecule has 0 aliphatic rings. The highest BCUT2D eigenvalue weighted by atomic mass is 35.5. The van der Waals surface area contributed by atoms with Crippen LogP contribution in [-0.2, 0) is 16.4 Å². The molecule has 0 saturated heterocycles. The molecule has 0 aliphatic heterocycles. The molecule has 1 heterocycles. The van der Waals surface area contributed by atoms with Gasteiger partial charge in [-0.25, -0.2) is 13.1 Å². The Morgan fingerprint density at radius 2 is 1.90 bits per heavy atom. The summed E-state index contributed by atoms with van der Waals surface area (Å²) in [6.07, 6.45) is 0.833. The highest BCUT2D eigenvalue weighted by Gasteiger charge is 2.15. The van der Waals surface area contributed by atoms with Crippen molar-refractivity contribution in [2.24, 2.45) is 0 Å². The maximum atomic E-state index is 12.0. The Kier molecular flexibility index (Phi) is 5.64. The quantitative estimate of drug-likeness (QED) is 0.783. The first-order chi connectivity index (χ1) is 10.0. The van der Waals surface area contributed by atoms with E-state index in [0.717, 1.165) is 11.3 Å². The number of halogens is 1. The van der Waals surface area contributed by atoms with Crippen LogP contribution in [0.15, 0.2) is 40.6 Å². The Morgan fingerprint density at radius 1 is 1.19 bits per heavy atom. The normalized spacial score (nSPS) is 11.5. The van der Waals surface area contributed by atoms with Gasteiger partial charge in [-0.05, 0) is 42.8 Å². The lowest BCUT2D eigenvalue weighted by Crippen LogP contribution is -2.27. The van der Waals surface area contributed by atoms with Crippen LogP contribution in [0.25, 0.3) is 0 Å². The van der Waals surface area contributed by atoms with Gasteiger partial charge in [0.25, 0.3) is 0 Å². The zero-order chi connectivity index (χ0) is 15.3. The predicted molar refractivity (Wildman–Crippen MR) is 85.8 cm³/mol. The zero-order valence-corrected chi connectivity index (χ0v) is 13.9. The summed E-state index contributed by atoms with van der Waals surface area (Å²) in [6.45, 7) is 2.47. The molecule has 0 fully saturated rings. The van der Waals surface area contributed by atoms with Gasteiger partial charge in [-0.15, -0.1) is 11.3 Å². The topological polar surface area (TPSA) is 55.4 Å². The molecular formula is C14H16ClNO3S2. The van der Waals surface area contributed by atoms with Crippen LogP contribution in [0.5, 0.6) is 5.75 Å². The molecule has 21 heavy (non-hydrogen) atoms. The van der Waals surface area contributed by atoms with Crippen molar-refractivity contribution in [2.75, 3.05) is 13.2 Å². The molecule has 4 nitrogen and oxygen atoms in total. The average Bonchev–Trinajstić information content (AvgIpc) is 2.95. The van der Waals surface area contributed by atoms with Crippen LogP contribution in [0, 0.1) is 0 Å². The van der Waals surface area contributed by atoms with Gasteiger partial charge in [0.2, 0.25) is 10.0 Å². The molecule has 1 aromatic carbocycles. The van der Waals surface area contributed by atoms with Crippen molar-refractivity contribution >= 4 is 33.0 Å². The third-order valence-corrected chi connectivity index (χ3v) is 6.16. The summed E-state index contributed by atoms with van der Waals surface area (Å²) >= 11 is 7.06. The van der Waals surface area contributed by atoms with Crippen LogP contribution in [0.1, 0.15) is 11.8 Å². The lowest BCUT2D eigenvalue weighted by molar-refractivity contribution is 0.323. The fourth-order valence-electron chi connectivity index (χ4n) is 1.64. The number of ether oxygens (including phenoxy) is 1. The first-order valence-corrected chi connectivity index (χ1v) is 9.16. The van der Waals surface area contributed by atoms with Crippen LogP contribution in [0.3, 0.4) is 0 Å². The van der Waals surface area contributed by atoms with Crippen molar-refractivity contribution in [2.45, 2.75) is 17.6 Å². The lowest BCUT2D eigenvalue weighted by atomic mass is 10.3. The first-order valence-electron chi connectivity index (χ1n) is 6.48. The van der Waals surface area contributed by atoms with Crippen LogP contribution in [0.2, 0.25) is 5.02 Å². The van der Waals surface area contributed by atoms with Crippen molar-refractivity contribution in [3.63, 3.8) is 0 Å². The highest BCUT2D eigenvalue weighted by Crippen LogP contribution is 2.21. The second kappa shape index (κ2) is 7.26. The first kappa shape index (κ1) is 16.3. The van der Waals surface area contributed by atoms with Crippen molar-refractivity contribution in [1.82, 2.24) is 4.72 Å². The van der Waals surface area contributed by atoms with Crippen LogP contribution in [0.4, 0.5) is 0 Å². The monoisotopic (exact) mass is 345 g/mol. The van der Waals surface area contributed by atoms with Crippen LogP contribution in [-0.4, -0.2) is 21.6 Å². The fraction of sp³-hybridized carbons (Fsp3) is 0.286. The molecule has 2 rings (SSSR count). The Hall–Kier alpha value is -1.08. The molecule has 7 heteroatoms. The van der Waals surface area contributed by atoms with E-state index in [1.54, 1.807) is 30.3 Å². The van der Waals surface area contributed by atoms with Gasteiger partial charge < -0.3 is 4.74 Å². The van der Waals surface area contributed by atoms with Crippen molar-refractivity contribution in [1.29, 1.82) is 0 Å². The largest absolute Gasteiger partial charge is 0.492 e. The maximum Gasteiger partial charge on any atom is 0.250 e. The van der Waals surface area contributed by atoms with Gasteiger partial charge in [-0.1, -0.05) is 18.5 Å². The predicted octanol–water partition coefficient (Wildman–Crippen LogP) is 3.32. The van der Waals surface area contributed by atoms with Gasteiger partial charge in [-0.2, -0.15) is 0 Å². The fourth-order valence-corrected chi connectivity index (χ4v) is 4.12. The van der Waals surface area contributed by atoms with Gasteiger partial charge in [0.15, 0.2) is 0 Å². The molecule has 0 radical (unpaired) electrons. The van der Waals surface area contributed by atoms with Crippen molar-refractivity contribution < 1.29 is 13.2 Å². The van der Waals surface area contributed by atoms with Gasteiger partial charge in [0.1, 0.15) is 16.6 Å². The number of benzene rings is 1. The van der Waals surface area contributed by atoms with E-state index in [2.05, 4.69) is 4.72 Å². The van der Waals surface area contributed by atoms with E-state index in [0.29, 0.717) is 15.0 Å². The SMILES string of the molecule is CCc1ccc(S(=O)(=O)NCCOc2ccc(Cl)cc2)s1. The molecule has 0 amide bonds. The number of thiophene rings is 1. The number of nitrogens with one attached hydrogen (secondary N) is 1. The van der Waals surface area contributed by atoms with E-state index in [1.807, 2.05) is 13.0 Å². The Balaban J connectivity index is 1.83. The summed E-state index contributed by atoms with van der Waals surface area (Å²) in [5, 5.41) is 0.632. The van der Waals surface area contributed by atoms with E-state index >= 15 is 0 Å². The molecular weight excluding hydrogens is 330 g/mol. The van der Waals surface area contributed by atoms with Crippen molar-refractivity contribution in [3.05, 3.63) is 46.3 Å². The highest BCUT2D eigenvalue weighted by molar-refractivity contribution is 7.91. The molecule has 0 bridgehead atoms. The van der Waals surface area contributed by atoms with E-state index in [-0.39, 0.29) is 13.2 Å². The second-order valence-corrected chi connectivity index (χ2v) is 7.87. The van der Waals surface area contributed by atoms with Gasteiger partial charge in [-0.3, -0.25) is 0 Å². The van der Waals surface area contributed by atoms with Crippen LogP contribution >= 0.6 is 22.9 Å². The van der Waals surface area contributed by atoms with Crippen molar-refractivity contribution in [3.8, 4) is 5.75 Å². The van der Waals surface area contributed by atoms with E-state index in [4.69, 9.17) is 16.3 Å². The minimum absolute atomic E-state index is 0.213. The number of hydrogen-bond acceptors (Lipinski definition) is 4. The third kappa shape index (κ3) is 4.71.